The van der Waals surface area contributed by atoms with Gasteiger partial charge in [0, 0.05) is 17.5 Å². The second-order valence-electron chi connectivity index (χ2n) is 10.6. The van der Waals surface area contributed by atoms with E-state index in [9.17, 15) is 14.7 Å². The Labute approximate surface area is 242 Å². The number of benzene rings is 4. The van der Waals surface area contributed by atoms with Crippen molar-refractivity contribution in [2.24, 2.45) is 0 Å². The van der Waals surface area contributed by atoms with Crippen LogP contribution in [0.5, 0.6) is 0 Å². The van der Waals surface area contributed by atoms with Gasteiger partial charge in [0.1, 0.15) is 11.9 Å². The van der Waals surface area contributed by atoms with Gasteiger partial charge in [-0.05, 0) is 84.3 Å². The predicted molar refractivity (Wildman–Crippen MR) is 156 cm³/mol. The standard InChI is InChI=1S/C34H28FN3O4/c1-20-5-8-25(9-6-20)33-37-31(38-42-33)28-16-7-21(17-29(28)35)18-30(34(40)41)36-32(39)27-4-2-3-26(19-27)24-14-12-23(13-15-24)22-10-11-22/h2-9,12-17,19,22,30H,10-11,18H2,1H3,(H,36,39)(H,40,41). The fourth-order valence-electron chi connectivity index (χ4n) is 4.89. The zero-order chi connectivity index (χ0) is 29.2. The lowest BCUT2D eigenvalue weighted by Crippen LogP contribution is -2.42. The molecule has 6 rings (SSSR count). The Morgan fingerprint density at radius 3 is 2.38 bits per heavy atom. The average Bonchev–Trinajstić information content (AvgIpc) is 3.74. The van der Waals surface area contributed by atoms with Gasteiger partial charge in [0.25, 0.3) is 11.8 Å². The lowest BCUT2D eigenvalue weighted by atomic mass is 10.00. The molecule has 1 atom stereocenters. The zero-order valence-electron chi connectivity index (χ0n) is 22.9. The molecule has 2 N–H and O–H groups in total. The molecule has 0 aliphatic heterocycles. The fraction of sp³-hybridized carbons (Fsp3) is 0.176. The van der Waals surface area contributed by atoms with Crippen LogP contribution in [-0.2, 0) is 11.2 Å². The van der Waals surface area contributed by atoms with Gasteiger partial charge in [0.15, 0.2) is 0 Å². The Balaban J connectivity index is 1.14. The molecule has 0 radical (unpaired) electrons. The van der Waals surface area contributed by atoms with E-state index in [0.717, 1.165) is 16.7 Å². The molecule has 1 fully saturated rings. The summed E-state index contributed by atoms with van der Waals surface area (Å²) in [6.45, 7) is 1.97. The molecule has 1 saturated carbocycles. The first-order valence-electron chi connectivity index (χ1n) is 13.8. The minimum atomic E-state index is -1.26. The number of carbonyl (C=O) groups excluding carboxylic acids is 1. The Kier molecular flexibility index (Phi) is 7.35. The van der Waals surface area contributed by atoms with Crippen LogP contribution in [0.25, 0.3) is 34.0 Å². The van der Waals surface area contributed by atoms with Crippen LogP contribution < -0.4 is 5.32 Å². The highest BCUT2D eigenvalue weighted by molar-refractivity contribution is 5.97. The quantitative estimate of drug-likeness (QED) is 0.205. The Bertz CT molecular complexity index is 1760. The van der Waals surface area contributed by atoms with Gasteiger partial charge in [-0.2, -0.15) is 4.98 Å². The first-order chi connectivity index (χ1) is 20.3. The smallest absolute Gasteiger partial charge is 0.326 e. The van der Waals surface area contributed by atoms with Crippen LogP contribution in [0.2, 0.25) is 0 Å². The number of rotatable bonds is 9. The average molecular weight is 562 g/mol. The fourth-order valence-corrected chi connectivity index (χ4v) is 4.89. The van der Waals surface area contributed by atoms with Gasteiger partial charge >= 0.3 is 5.97 Å². The lowest BCUT2D eigenvalue weighted by molar-refractivity contribution is -0.139. The third-order valence-corrected chi connectivity index (χ3v) is 7.46. The number of carboxylic acid groups (broad SMARTS) is 1. The highest BCUT2D eigenvalue weighted by Crippen LogP contribution is 2.40. The highest BCUT2D eigenvalue weighted by atomic mass is 19.1. The zero-order valence-corrected chi connectivity index (χ0v) is 22.9. The van der Waals surface area contributed by atoms with Crippen molar-refractivity contribution < 1.29 is 23.6 Å². The Morgan fingerprint density at radius 1 is 0.952 bits per heavy atom. The number of aliphatic carboxylic acids is 1. The maximum absolute atomic E-state index is 15.1. The van der Waals surface area contributed by atoms with E-state index in [1.54, 1.807) is 24.3 Å². The third kappa shape index (κ3) is 5.98. The molecule has 0 saturated heterocycles. The maximum Gasteiger partial charge on any atom is 0.326 e. The summed E-state index contributed by atoms with van der Waals surface area (Å²) in [5.74, 6) is -1.36. The van der Waals surface area contributed by atoms with Crippen LogP contribution in [0, 0.1) is 12.7 Å². The molecule has 1 unspecified atom stereocenters. The number of carboxylic acids is 1. The van der Waals surface area contributed by atoms with E-state index in [1.807, 2.05) is 49.4 Å². The first kappa shape index (κ1) is 27.1. The van der Waals surface area contributed by atoms with Gasteiger partial charge in [-0.15, -0.1) is 0 Å². The van der Waals surface area contributed by atoms with Crippen LogP contribution in [0.15, 0.2) is 95.5 Å². The van der Waals surface area contributed by atoms with Crippen molar-refractivity contribution in [3.63, 3.8) is 0 Å². The van der Waals surface area contributed by atoms with Crippen LogP contribution >= 0.6 is 0 Å². The molecule has 0 bridgehead atoms. The van der Waals surface area contributed by atoms with Gasteiger partial charge in [-0.3, -0.25) is 4.79 Å². The van der Waals surface area contributed by atoms with E-state index in [0.29, 0.717) is 22.6 Å². The van der Waals surface area contributed by atoms with Gasteiger partial charge < -0.3 is 14.9 Å². The minimum absolute atomic E-state index is 0.0831. The SMILES string of the molecule is Cc1ccc(-c2nc(-c3ccc(CC(NC(=O)c4cccc(-c5ccc(C6CC6)cc5)c4)C(=O)O)cc3F)no2)cc1. The number of hydrogen-bond donors (Lipinski definition) is 2. The van der Waals surface area contributed by atoms with Crippen molar-refractivity contribution >= 4 is 11.9 Å². The molecule has 1 amide bonds. The van der Waals surface area contributed by atoms with E-state index < -0.39 is 23.7 Å². The summed E-state index contributed by atoms with van der Waals surface area (Å²) in [4.78, 5) is 29.4. The molecule has 0 spiro atoms. The highest BCUT2D eigenvalue weighted by Gasteiger charge is 2.24. The van der Waals surface area contributed by atoms with E-state index >= 15 is 4.39 Å². The third-order valence-electron chi connectivity index (χ3n) is 7.46. The van der Waals surface area contributed by atoms with Crippen molar-refractivity contribution in [3.8, 4) is 34.0 Å². The van der Waals surface area contributed by atoms with E-state index in [-0.39, 0.29) is 23.7 Å². The minimum Gasteiger partial charge on any atom is -0.480 e. The van der Waals surface area contributed by atoms with Crippen LogP contribution in [0.1, 0.15) is 45.8 Å². The summed E-state index contributed by atoms with van der Waals surface area (Å²) in [6.07, 6.45) is 2.34. The molecular weight excluding hydrogens is 533 g/mol. The van der Waals surface area contributed by atoms with Crippen molar-refractivity contribution in [2.75, 3.05) is 0 Å². The van der Waals surface area contributed by atoms with E-state index in [4.69, 9.17) is 4.52 Å². The van der Waals surface area contributed by atoms with Crippen LogP contribution in [0.3, 0.4) is 0 Å². The summed E-state index contributed by atoms with van der Waals surface area (Å²) in [5.41, 5.74) is 5.83. The molecule has 5 aromatic rings. The van der Waals surface area contributed by atoms with Gasteiger partial charge in [0.05, 0.1) is 5.56 Å². The normalized spacial score (nSPS) is 13.5. The van der Waals surface area contributed by atoms with E-state index in [2.05, 4.69) is 27.6 Å². The molecule has 8 heteroatoms. The maximum atomic E-state index is 15.1. The van der Waals surface area contributed by atoms with E-state index in [1.165, 1.54) is 30.5 Å². The summed E-state index contributed by atoms with van der Waals surface area (Å²) < 4.78 is 20.4. The van der Waals surface area contributed by atoms with Crippen LogP contribution in [-0.4, -0.2) is 33.2 Å². The first-order valence-corrected chi connectivity index (χ1v) is 13.8. The lowest BCUT2D eigenvalue weighted by Gasteiger charge is -2.15. The number of aromatic nitrogens is 2. The Morgan fingerprint density at radius 2 is 1.69 bits per heavy atom. The van der Waals surface area contributed by atoms with Crippen molar-refractivity contribution in [3.05, 3.63) is 119 Å². The largest absolute Gasteiger partial charge is 0.480 e. The second kappa shape index (κ2) is 11.4. The number of nitrogens with one attached hydrogen (secondary N) is 1. The molecular formula is C34H28FN3O4. The molecule has 1 aliphatic rings. The summed E-state index contributed by atoms with van der Waals surface area (Å²) in [7, 11) is 0. The molecule has 1 aliphatic carbocycles. The molecule has 42 heavy (non-hydrogen) atoms. The molecule has 1 heterocycles. The summed E-state index contributed by atoms with van der Waals surface area (Å²) in [5, 5.41) is 16.3. The van der Waals surface area contributed by atoms with Crippen molar-refractivity contribution in [1.29, 1.82) is 0 Å². The molecule has 7 nitrogen and oxygen atoms in total. The summed E-state index contributed by atoms with van der Waals surface area (Å²) in [6, 6.07) is 25.9. The number of amides is 1. The number of nitrogens with zero attached hydrogens (tertiary/aromatic N) is 2. The number of hydrogen-bond acceptors (Lipinski definition) is 5. The number of carbonyl (C=O) groups is 2. The number of halogens is 1. The molecule has 4 aromatic carbocycles. The monoisotopic (exact) mass is 561 g/mol. The van der Waals surface area contributed by atoms with Crippen LogP contribution in [0.4, 0.5) is 4.39 Å². The van der Waals surface area contributed by atoms with Gasteiger partial charge in [0.2, 0.25) is 5.82 Å². The second-order valence-corrected chi connectivity index (χ2v) is 10.6. The Hall–Kier alpha value is -5.11. The van der Waals surface area contributed by atoms with Gasteiger partial charge in [-0.1, -0.05) is 65.3 Å². The summed E-state index contributed by atoms with van der Waals surface area (Å²) >= 11 is 0. The van der Waals surface area contributed by atoms with Gasteiger partial charge in [-0.25, -0.2) is 9.18 Å². The van der Waals surface area contributed by atoms with Crippen molar-refractivity contribution in [2.45, 2.75) is 38.1 Å². The van der Waals surface area contributed by atoms with Crippen molar-refractivity contribution in [1.82, 2.24) is 15.5 Å². The molecule has 1 aromatic heterocycles. The molecule has 210 valence electrons. The number of aryl methyl sites for hydroxylation is 1. The topological polar surface area (TPSA) is 105 Å². The predicted octanol–water partition coefficient (Wildman–Crippen LogP) is 6.82.